The first-order valence-corrected chi connectivity index (χ1v) is 4.21. The molecule has 3 nitrogen and oxygen atoms in total. The summed E-state index contributed by atoms with van der Waals surface area (Å²) in [5, 5.41) is 0. The maximum Gasteiger partial charge on any atom is 0.130 e. The number of nitrogens with one attached hydrogen (secondary N) is 1. The number of aldehydes is 1. The fraction of sp³-hybridized carbons (Fsp3) is 0.200. The van der Waals surface area contributed by atoms with Gasteiger partial charge in [0.05, 0.1) is 17.0 Å². The Kier molecular flexibility index (Phi) is 1.85. The van der Waals surface area contributed by atoms with Crippen LogP contribution in [0.1, 0.15) is 18.7 Å². The third-order valence-electron chi connectivity index (χ3n) is 2.04. The number of fused-ring (bicyclic) bond motifs is 1. The lowest BCUT2D eigenvalue weighted by Crippen LogP contribution is -1.95. The van der Waals surface area contributed by atoms with Crippen molar-refractivity contribution in [1.29, 1.82) is 0 Å². The number of H-pyrrole nitrogens is 1. The van der Waals surface area contributed by atoms with E-state index < -0.39 is 0 Å². The van der Waals surface area contributed by atoms with E-state index in [9.17, 15) is 4.79 Å². The third-order valence-corrected chi connectivity index (χ3v) is 2.04. The lowest BCUT2D eigenvalue weighted by atomic mass is 10.2. The Labute approximate surface area is 75.8 Å². The minimum atomic E-state index is -0.160. The Morgan fingerprint density at radius 2 is 2.23 bits per heavy atom. The van der Waals surface area contributed by atoms with Gasteiger partial charge in [-0.05, 0) is 19.1 Å². The fourth-order valence-corrected chi connectivity index (χ4v) is 1.25. The average molecular weight is 174 g/mol. The first-order chi connectivity index (χ1) is 6.31. The van der Waals surface area contributed by atoms with E-state index in [0.717, 1.165) is 23.1 Å². The van der Waals surface area contributed by atoms with Crippen LogP contribution < -0.4 is 0 Å². The summed E-state index contributed by atoms with van der Waals surface area (Å²) in [4.78, 5) is 17.9. The summed E-state index contributed by atoms with van der Waals surface area (Å²) in [6.45, 7) is 1.82. The number of benzene rings is 1. The number of carbonyl (C=O) groups is 1. The normalized spacial score (nSPS) is 13.0. The Morgan fingerprint density at radius 3 is 2.92 bits per heavy atom. The number of aromatic nitrogens is 2. The molecule has 0 saturated heterocycles. The molecule has 1 aromatic carbocycles. The van der Waals surface area contributed by atoms with Gasteiger partial charge in [-0.25, -0.2) is 4.98 Å². The van der Waals surface area contributed by atoms with Gasteiger partial charge in [0.25, 0.3) is 0 Å². The average Bonchev–Trinajstić information content (AvgIpc) is 2.59. The molecule has 0 amide bonds. The SMILES string of the molecule is CC(C=O)c1nc2ccccc2[nH]1. The number of para-hydroxylation sites is 2. The highest BCUT2D eigenvalue weighted by Crippen LogP contribution is 2.15. The van der Waals surface area contributed by atoms with Gasteiger partial charge in [0.2, 0.25) is 0 Å². The van der Waals surface area contributed by atoms with Gasteiger partial charge in [-0.15, -0.1) is 0 Å². The largest absolute Gasteiger partial charge is 0.341 e. The minimum absolute atomic E-state index is 0.160. The maximum absolute atomic E-state index is 10.5. The van der Waals surface area contributed by atoms with Crippen LogP contribution in [0.3, 0.4) is 0 Å². The van der Waals surface area contributed by atoms with Gasteiger partial charge in [-0.1, -0.05) is 12.1 Å². The van der Waals surface area contributed by atoms with Crippen molar-refractivity contribution in [3.63, 3.8) is 0 Å². The van der Waals surface area contributed by atoms with Gasteiger partial charge in [-0.2, -0.15) is 0 Å². The minimum Gasteiger partial charge on any atom is -0.341 e. The molecule has 1 atom stereocenters. The van der Waals surface area contributed by atoms with Crippen molar-refractivity contribution in [2.24, 2.45) is 0 Å². The van der Waals surface area contributed by atoms with Crippen LogP contribution in [0.25, 0.3) is 11.0 Å². The first-order valence-electron chi connectivity index (χ1n) is 4.21. The number of hydrogen-bond donors (Lipinski definition) is 1. The second-order valence-electron chi connectivity index (χ2n) is 3.06. The van der Waals surface area contributed by atoms with Crippen LogP contribution in [0.15, 0.2) is 24.3 Å². The summed E-state index contributed by atoms with van der Waals surface area (Å²) < 4.78 is 0. The molecule has 0 aliphatic carbocycles. The highest BCUT2D eigenvalue weighted by molar-refractivity contribution is 5.76. The summed E-state index contributed by atoms with van der Waals surface area (Å²) in [6.07, 6.45) is 0.887. The van der Waals surface area contributed by atoms with Crippen LogP contribution in [0, 0.1) is 0 Å². The van der Waals surface area contributed by atoms with Gasteiger partial charge in [0.1, 0.15) is 12.1 Å². The first kappa shape index (κ1) is 7.98. The van der Waals surface area contributed by atoms with Crippen LogP contribution in [0.2, 0.25) is 0 Å². The van der Waals surface area contributed by atoms with E-state index in [-0.39, 0.29) is 5.92 Å². The molecule has 1 unspecified atom stereocenters. The van der Waals surface area contributed by atoms with Gasteiger partial charge < -0.3 is 9.78 Å². The van der Waals surface area contributed by atoms with Crippen LogP contribution in [0.5, 0.6) is 0 Å². The van der Waals surface area contributed by atoms with Crippen molar-refractivity contribution in [3.05, 3.63) is 30.1 Å². The van der Waals surface area contributed by atoms with Crippen LogP contribution in [-0.2, 0) is 4.79 Å². The van der Waals surface area contributed by atoms with E-state index in [0.29, 0.717) is 0 Å². The quantitative estimate of drug-likeness (QED) is 0.706. The molecule has 13 heavy (non-hydrogen) atoms. The Bertz CT molecular complexity index is 400. The molecule has 0 bridgehead atoms. The Hall–Kier alpha value is -1.64. The smallest absolute Gasteiger partial charge is 0.130 e. The van der Waals surface area contributed by atoms with Crippen LogP contribution in [0.4, 0.5) is 0 Å². The molecule has 3 heteroatoms. The molecule has 2 rings (SSSR count). The Morgan fingerprint density at radius 1 is 1.46 bits per heavy atom. The number of aromatic amines is 1. The maximum atomic E-state index is 10.5. The number of imidazole rings is 1. The predicted molar refractivity (Wildman–Crippen MR) is 50.6 cm³/mol. The second kappa shape index (κ2) is 3.01. The molecule has 0 aliphatic heterocycles. The third kappa shape index (κ3) is 1.33. The fourth-order valence-electron chi connectivity index (χ4n) is 1.25. The number of nitrogens with zero attached hydrogens (tertiary/aromatic N) is 1. The van der Waals surface area contributed by atoms with E-state index in [2.05, 4.69) is 9.97 Å². The molecule has 0 saturated carbocycles. The molecule has 66 valence electrons. The van der Waals surface area contributed by atoms with Crippen molar-refractivity contribution in [2.75, 3.05) is 0 Å². The topological polar surface area (TPSA) is 45.8 Å². The van der Waals surface area contributed by atoms with Crippen LogP contribution in [-0.4, -0.2) is 16.3 Å². The lowest BCUT2D eigenvalue weighted by molar-refractivity contribution is -0.108. The molecule has 1 aromatic heterocycles. The second-order valence-corrected chi connectivity index (χ2v) is 3.06. The predicted octanol–water partition coefficient (Wildman–Crippen LogP) is 1.87. The van der Waals surface area contributed by atoms with Gasteiger partial charge in [0, 0.05) is 0 Å². The highest BCUT2D eigenvalue weighted by Gasteiger charge is 2.08. The van der Waals surface area contributed by atoms with Gasteiger partial charge >= 0.3 is 0 Å². The molecule has 1 N–H and O–H groups in total. The van der Waals surface area contributed by atoms with Crippen molar-refractivity contribution in [2.45, 2.75) is 12.8 Å². The van der Waals surface area contributed by atoms with E-state index in [1.54, 1.807) is 0 Å². The van der Waals surface area contributed by atoms with E-state index in [1.807, 2.05) is 31.2 Å². The highest BCUT2D eigenvalue weighted by atomic mass is 16.1. The van der Waals surface area contributed by atoms with Crippen LogP contribution >= 0.6 is 0 Å². The van der Waals surface area contributed by atoms with E-state index in [4.69, 9.17) is 0 Å². The molecule has 2 aromatic rings. The van der Waals surface area contributed by atoms with Crippen molar-refractivity contribution < 1.29 is 4.79 Å². The number of hydrogen-bond acceptors (Lipinski definition) is 2. The Balaban J connectivity index is 2.55. The zero-order valence-electron chi connectivity index (χ0n) is 7.32. The van der Waals surface area contributed by atoms with Gasteiger partial charge in [0.15, 0.2) is 0 Å². The molecular weight excluding hydrogens is 164 g/mol. The number of rotatable bonds is 2. The molecule has 1 heterocycles. The lowest BCUT2D eigenvalue weighted by Gasteiger charge is -1.94. The molecular formula is C10H10N2O. The summed E-state index contributed by atoms with van der Waals surface area (Å²) >= 11 is 0. The van der Waals surface area contributed by atoms with E-state index in [1.165, 1.54) is 0 Å². The molecule has 0 aliphatic rings. The van der Waals surface area contributed by atoms with E-state index >= 15 is 0 Å². The summed E-state index contributed by atoms with van der Waals surface area (Å²) in [5.41, 5.74) is 1.89. The summed E-state index contributed by atoms with van der Waals surface area (Å²) in [5.74, 6) is 0.573. The van der Waals surface area contributed by atoms with Crippen molar-refractivity contribution >= 4 is 17.3 Å². The molecule has 0 spiro atoms. The number of carbonyl (C=O) groups excluding carboxylic acids is 1. The van der Waals surface area contributed by atoms with Crippen molar-refractivity contribution in [1.82, 2.24) is 9.97 Å². The molecule has 0 fully saturated rings. The zero-order valence-corrected chi connectivity index (χ0v) is 7.32. The van der Waals surface area contributed by atoms with Crippen molar-refractivity contribution in [3.8, 4) is 0 Å². The monoisotopic (exact) mass is 174 g/mol. The summed E-state index contributed by atoms with van der Waals surface area (Å²) in [6, 6.07) is 7.74. The standard InChI is InChI=1S/C10H10N2O/c1-7(6-13)10-11-8-4-2-3-5-9(8)12-10/h2-7H,1H3,(H,11,12). The zero-order chi connectivity index (χ0) is 9.26. The van der Waals surface area contributed by atoms with Gasteiger partial charge in [-0.3, -0.25) is 0 Å². The summed E-state index contributed by atoms with van der Waals surface area (Å²) in [7, 11) is 0. The molecule has 0 radical (unpaired) electrons.